The predicted octanol–water partition coefficient (Wildman–Crippen LogP) is 1.84. The number of aromatic amines is 1. The van der Waals surface area contributed by atoms with Gasteiger partial charge in [0, 0.05) is 16.8 Å². The number of ether oxygens (including phenoxy) is 1. The molecule has 0 unspecified atom stereocenters. The monoisotopic (exact) mass is 430 g/mol. The molecule has 1 fully saturated rings. The molecule has 0 saturated carbocycles. The summed E-state index contributed by atoms with van der Waals surface area (Å²) in [6.07, 6.45) is -1.83. The maximum Gasteiger partial charge on any atom is 0.113 e. The Morgan fingerprint density at radius 1 is 0.967 bits per heavy atom. The molecule has 7 nitrogen and oxygen atoms in total. The second-order valence-corrected chi connectivity index (χ2v) is 7.87. The third-order valence-corrected chi connectivity index (χ3v) is 5.84. The summed E-state index contributed by atoms with van der Waals surface area (Å²) in [4.78, 5) is 0. The molecule has 5 N–H and O–H groups in total. The van der Waals surface area contributed by atoms with Crippen molar-refractivity contribution in [3.63, 3.8) is 0 Å². The van der Waals surface area contributed by atoms with E-state index in [2.05, 4.69) is 10.2 Å². The van der Waals surface area contributed by atoms with Gasteiger partial charge in [0.05, 0.1) is 12.8 Å². The van der Waals surface area contributed by atoms with Crippen LogP contribution in [0.4, 0.5) is 0 Å². The van der Waals surface area contributed by atoms with Gasteiger partial charge in [-0.3, -0.25) is 5.10 Å². The number of nitrogens with one attached hydrogen (secondary N) is 1. The van der Waals surface area contributed by atoms with Gasteiger partial charge in [-0.15, -0.1) is 0 Å². The van der Waals surface area contributed by atoms with Gasteiger partial charge in [-0.1, -0.05) is 48.0 Å². The minimum Gasteiger partial charge on any atom is -0.394 e. The summed E-state index contributed by atoms with van der Waals surface area (Å²) in [5, 5.41) is 47.2. The Labute approximate surface area is 178 Å². The second kappa shape index (κ2) is 8.85. The maximum absolute atomic E-state index is 10.4. The number of nitrogens with zero attached hydrogens (tertiary/aromatic N) is 1. The van der Waals surface area contributed by atoms with E-state index in [-0.39, 0.29) is 0 Å². The number of halogens is 1. The van der Waals surface area contributed by atoms with Crippen molar-refractivity contribution in [3.05, 3.63) is 76.6 Å². The number of hydrogen-bond acceptors (Lipinski definition) is 6. The van der Waals surface area contributed by atoms with Gasteiger partial charge in [0.25, 0.3) is 0 Å². The van der Waals surface area contributed by atoms with Crippen LogP contribution >= 0.6 is 11.6 Å². The van der Waals surface area contributed by atoms with E-state index in [9.17, 15) is 20.4 Å². The molecule has 4 rings (SSSR count). The lowest BCUT2D eigenvalue weighted by Crippen LogP contribution is -2.55. The van der Waals surface area contributed by atoms with Crippen molar-refractivity contribution in [3.8, 4) is 11.1 Å². The van der Waals surface area contributed by atoms with Gasteiger partial charge >= 0.3 is 0 Å². The first-order valence-corrected chi connectivity index (χ1v) is 10.0. The molecule has 1 saturated heterocycles. The largest absolute Gasteiger partial charge is 0.394 e. The van der Waals surface area contributed by atoms with E-state index in [1.165, 1.54) is 0 Å². The lowest BCUT2D eigenvalue weighted by Gasteiger charge is -2.40. The topological polar surface area (TPSA) is 119 Å². The zero-order valence-corrected chi connectivity index (χ0v) is 16.8. The highest BCUT2D eigenvalue weighted by Gasteiger charge is 2.44. The van der Waals surface area contributed by atoms with Crippen LogP contribution in [-0.2, 0) is 11.2 Å². The molecule has 0 radical (unpaired) electrons. The molecular formula is C22H23ClN2O5. The summed E-state index contributed by atoms with van der Waals surface area (Å²) in [6.45, 7) is -0.467. The lowest BCUT2D eigenvalue weighted by molar-refractivity contribution is -0.231. The van der Waals surface area contributed by atoms with Crippen molar-refractivity contribution in [2.45, 2.75) is 36.9 Å². The Balaban J connectivity index is 1.56. The van der Waals surface area contributed by atoms with Crippen molar-refractivity contribution in [2.75, 3.05) is 6.61 Å². The fraction of sp³-hybridized carbons (Fsp3) is 0.318. The fourth-order valence-electron chi connectivity index (χ4n) is 3.73. The number of H-pyrrole nitrogens is 1. The smallest absolute Gasteiger partial charge is 0.113 e. The van der Waals surface area contributed by atoms with Crippen LogP contribution in [0.2, 0.25) is 5.02 Å². The maximum atomic E-state index is 10.4. The van der Waals surface area contributed by atoms with Crippen LogP contribution in [-0.4, -0.2) is 61.6 Å². The van der Waals surface area contributed by atoms with Crippen molar-refractivity contribution in [2.24, 2.45) is 0 Å². The molecule has 30 heavy (non-hydrogen) atoms. The summed E-state index contributed by atoms with van der Waals surface area (Å²) in [6, 6.07) is 13.3. The zero-order valence-electron chi connectivity index (χ0n) is 16.0. The standard InChI is InChI=1S/C22H23ClN2O5/c23-17-6-5-14(22-21(29)20(28)19(27)18(11-26)30-22)8-15(17)7-12-1-3-13(4-2-12)16-9-24-25-10-16/h1-6,8-10,18-22,26-29H,7,11H2,(H,24,25)/t18-,19-,20+,21-,22+/m1/s1. The van der Waals surface area contributed by atoms with Crippen LogP contribution in [0, 0.1) is 0 Å². The Morgan fingerprint density at radius 3 is 2.40 bits per heavy atom. The molecule has 5 atom stereocenters. The quantitative estimate of drug-likeness (QED) is 0.421. The molecule has 8 heteroatoms. The Hall–Kier alpha value is -2.26. The SMILES string of the molecule is OC[C@H]1O[C@@H](c2ccc(Cl)c(Cc3ccc(-c4cn[nH]c4)cc3)c2)[C@H](O)[C@@H](O)[C@@H]1O. The van der Waals surface area contributed by atoms with Crippen molar-refractivity contribution in [1.82, 2.24) is 10.2 Å². The van der Waals surface area contributed by atoms with E-state index >= 15 is 0 Å². The third-order valence-electron chi connectivity index (χ3n) is 5.47. The number of rotatable bonds is 5. The van der Waals surface area contributed by atoms with Gasteiger partial charge in [-0.05, 0) is 34.7 Å². The molecule has 0 aliphatic carbocycles. The van der Waals surface area contributed by atoms with Crippen molar-refractivity contribution < 1.29 is 25.2 Å². The highest BCUT2D eigenvalue weighted by Crippen LogP contribution is 2.34. The van der Waals surface area contributed by atoms with E-state index in [1.807, 2.05) is 36.5 Å². The molecule has 2 aromatic carbocycles. The molecule has 158 valence electrons. The van der Waals surface area contributed by atoms with Gasteiger partial charge in [-0.2, -0.15) is 5.10 Å². The fourth-order valence-corrected chi connectivity index (χ4v) is 3.91. The van der Waals surface area contributed by atoms with Crippen LogP contribution in [0.5, 0.6) is 0 Å². The van der Waals surface area contributed by atoms with Crippen LogP contribution in [0.15, 0.2) is 54.9 Å². The molecule has 1 aliphatic heterocycles. The first-order chi connectivity index (χ1) is 14.5. The highest BCUT2D eigenvalue weighted by atomic mass is 35.5. The van der Waals surface area contributed by atoms with Crippen molar-refractivity contribution in [1.29, 1.82) is 0 Å². The molecular weight excluding hydrogens is 408 g/mol. The molecule has 2 heterocycles. The molecule has 0 bridgehead atoms. The predicted molar refractivity (Wildman–Crippen MR) is 111 cm³/mol. The molecule has 1 aromatic heterocycles. The van der Waals surface area contributed by atoms with E-state index in [4.69, 9.17) is 16.3 Å². The molecule has 1 aliphatic rings. The van der Waals surface area contributed by atoms with Gasteiger partial charge in [0.2, 0.25) is 0 Å². The average molecular weight is 431 g/mol. The number of aromatic nitrogens is 2. The molecule has 3 aromatic rings. The minimum atomic E-state index is -1.42. The lowest BCUT2D eigenvalue weighted by atomic mass is 9.90. The third kappa shape index (κ3) is 4.13. The number of benzene rings is 2. The Morgan fingerprint density at radius 2 is 1.73 bits per heavy atom. The zero-order chi connectivity index (χ0) is 21.3. The number of hydrogen-bond donors (Lipinski definition) is 5. The van der Waals surface area contributed by atoms with Gasteiger partial charge in [0.15, 0.2) is 0 Å². The molecule has 0 amide bonds. The van der Waals surface area contributed by atoms with E-state index in [0.717, 1.165) is 22.3 Å². The van der Waals surface area contributed by atoms with Crippen LogP contribution in [0.1, 0.15) is 22.8 Å². The summed E-state index contributed by atoms with van der Waals surface area (Å²) in [5.41, 5.74) is 4.55. The first kappa shape index (κ1) is 21.0. The van der Waals surface area contributed by atoms with Gasteiger partial charge in [-0.25, -0.2) is 0 Å². The Kier molecular flexibility index (Phi) is 6.19. The van der Waals surface area contributed by atoms with Crippen molar-refractivity contribution >= 4 is 11.6 Å². The van der Waals surface area contributed by atoms with E-state index in [0.29, 0.717) is 17.0 Å². The first-order valence-electron chi connectivity index (χ1n) is 9.65. The summed E-state index contributed by atoms with van der Waals surface area (Å²) in [5.74, 6) is 0. The van der Waals surface area contributed by atoms with Gasteiger partial charge in [0.1, 0.15) is 30.5 Å². The minimum absolute atomic E-state index is 0.467. The summed E-state index contributed by atoms with van der Waals surface area (Å²) < 4.78 is 5.66. The van der Waals surface area contributed by atoms with Crippen LogP contribution in [0.25, 0.3) is 11.1 Å². The average Bonchev–Trinajstić information content (AvgIpc) is 3.30. The number of aliphatic hydroxyl groups is 4. The van der Waals surface area contributed by atoms with E-state index in [1.54, 1.807) is 18.3 Å². The summed E-state index contributed by atoms with van der Waals surface area (Å²) >= 11 is 6.40. The molecule has 0 spiro atoms. The van der Waals surface area contributed by atoms with Gasteiger partial charge < -0.3 is 25.2 Å². The highest BCUT2D eigenvalue weighted by molar-refractivity contribution is 6.31. The Bertz CT molecular complexity index is 978. The normalized spacial score (nSPS) is 26.6. The second-order valence-electron chi connectivity index (χ2n) is 7.46. The van der Waals surface area contributed by atoms with Crippen LogP contribution < -0.4 is 0 Å². The van der Waals surface area contributed by atoms with E-state index < -0.39 is 37.1 Å². The number of aliphatic hydroxyl groups excluding tert-OH is 4. The summed E-state index contributed by atoms with van der Waals surface area (Å²) in [7, 11) is 0. The van der Waals surface area contributed by atoms with Crippen LogP contribution in [0.3, 0.4) is 0 Å².